The van der Waals surface area contributed by atoms with Crippen LogP contribution in [0.15, 0.2) is 24.3 Å². The number of esters is 2. The van der Waals surface area contributed by atoms with Gasteiger partial charge in [-0.1, -0.05) is 24.3 Å². The second kappa shape index (κ2) is 3.49. The van der Waals surface area contributed by atoms with Crippen molar-refractivity contribution in [3.63, 3.8) is 0 Å². The van der Waals surface area contributed by atoms with Gasteiger partial charge in [0.05, 0.1) is 0 Å². The van der Waals surface area contributed by atoms with Crippen molar-refractivity contribution in [2.75, 3.05) is 0 Å². The number of carbonyl (C=O) groups excluding carboxylic acids is 2. The fourth-order valence-corrected chi connectivity index (χ4v) is 1.24. The van der Waals surface area contributed by atoms with Crippen molar-refractivity contribution in [2.45, 2.75) is 13.2 Å². The van der Waals surface area contributed by atoms with Gasteiger partial charge in [0.15, 0.2) is 0 Å². The molecule has 2 rings (SSSR count). The van der Waals surface area contributed by atoms with Crippen LogP contribution in [0.2, 0.25) is 0 Å². The molecular formula is C10H8O4. The number of hydrogen-bond acceptors (Lipinski definition) is 4. The molecule has 0 aliphatic carbocycles. The molecule has 0 atom stereocenters. The summed E-state index contributed by atoms with van der Waals surface area (Å²) in [7, 11) is 0. The maximum absolute atomic E-state index is 10.9. The van der Waals surface area contributed by atoms with Crippen LogP contribution >= 0.6 is 0 Å². The van der Waals surface area contributed by atoms with E-state index in [0.717, 1.165) is 11.1 Å². The van der Waals surface area contributed by atoms with Crippen LogP contribution in [0.5, 0.6) is 0 Å². The first kappa shape index (κ1) is 8.74. The quantitative estimate of drug-likeness (QED) is 0.450. The van der Waals surface area contributed by atoms with Gasteiger partial charge >= 0.3 is 11.9 Å². The SMILES string of the molecule is O=C1OCc2ccccc2COC1=O. The van der Waals surface area contributed by atoms with Crippen LogP contribution in [0.3, 0.4) is 0 Å². The van der Waals surface area contributed by atoms with Gasteiger partial charge in [-0.2, -0.15) is 0 Å². The average Bonchev–Trinajstić information content (AvgIpc) is 2.21. The molecule has 0 aromatic heterocycles. The van der Waals surface area contributed by atoms with Gasteiger partial charge in [0.1, 0.15) is 13.2 Å². The molecule has 4 nitrogen and oxygen atoms in total. The zero-order valence-electron chi connectivity index (χ0n) is 7.36. The van der Waals surface area contributed by atoms with E-state index in [2.05, 4.69) is 0 Å². The summed E-state index contributed by atoms with van der Waals surface area (Å²) in [5.41, 5.74) is 1.74. The first-order chi connectivity index (χ1) is 6.77. The molecule has 0 unspecified atom stereocenters. The van der Waals surface area contributed by atoms with Gasteiger partial charge in [-0.25, -0.2) is 9.59 Å². The summed E-state index contributed by atoms with van der Waals surface area (Å²) in [4.78, 5) is 21.8. The highest BCUT2D eigenvalue weighted by Crippen LogP contribution is 2.14. The number of rotatable bonds is 0. The molecule has 1 aliphatic heterocycles. The van der Waals surface area contributed by atoms with Crippen LogP contribution < -0.4 is 0 Å². The van der Waals surface area contributed by atoms with E-state index < -0.39 is 11.9 Å². The summed E-state index contributed by atoms with van der Waals surface area (Å²) < 4.78 is 9.42. The minimum atomic E-state index is -0.931. The molecule has 0 fully saturated rings. The first-order valence-electron chi connectivity index (χ1n) is 4.18. The molecule has 72 valence electrons. The van der Waals surface area contributed by atoms with Crippen molar-refractivity contribution in [1.82, 2.24) is 0 Å². The van der Waals surface area contributed by atoms with Crippen LogP contribution in [-0.2, 0) is 32.3 Å². The maximum Gasteiger partial charge on any atom is 0.417 e. The molecular weight excluding hydrogens is 184 g/mol. The molecule has 0 saturated carbocycles. The lowest BCUT2D eigenvalue weighted by Gasteiger charge is -2.13. The summed E-state index contributed by atoms with van der Waals surface area (Å²) in [6, 6.07) is 7.36. The lowest BCUT2D eigenvalue weighted by molar-refractivity contribution is -0.170. The Hall–Kier alpha value is -1.84. The summed E-state index contributed by atoms with van der Waals surface area (Å²) in [5.74, 6) is -1.86. The zero-order chi connectivity index (χ0) is 9.97. The predicted octanol–water partition coefficient (Wildman–Crippen LogP) is 0.787. The summed E-state index contributed by atoms with van der Waals surface area (Å²) in [6.45, 7) is 0.258. The summed E-state index contributed by atoms with van der Waals surface area (Å²) >= 11 is 0. The fourth-order valence-electron chi connectivity index (χ4n) is 1.24. The van der Waals surface area contributed by atoms with E-state index in [1.54, 1.807) is 0 Å². The molecule has 1 aliphatic rings. The van der Waals surface area contributed by atoms with Crippen LogP contribution in [0.25, 0.3) is 0 Å². The molecule has 1 heterocycles. The number of hydrogen-bond donors (Lipinski definition) is 0. The van der Waals surface area contributed by atoms with Crippen LogP contribution in [-0.4, -0.2) is 11.9 Å². The standard InChI is InChI=1S/C10H8O4/c11-9-10(12)14-6-8-4-2-1-3-7(8)5-13-9/h1-4H,5-6H2. The van der Waals surface area contributed by atoms with E-state index in [1.165, 1.54) is 0 Å². The third kappa shape index (κ3) is 1.59. The number of benzene rings is 1. The lowest BCUT2D eigenvalue weighted by Crippen LogP contribution is -2.23. The molecule has 0 radical (unpaired) electrons. The van der Waals surface area contributed by atoms with Crippen molar-refractivity contribution in [2.24, 2.45) is 0 Å². The monoisotopic (exact) mass is 192 g/mol. The van der Waals surface area contributed by atoms with Gasteiger partial charge in [-0.15, -0.1) is 0 Å². The predicted molar refractivity (Wildman–Crippen MR) is 46.0 cm³/mol. The largest absolute Gasteiger partial charge is 0.452 e. The van der Waals surface area contributed by atoms with Gasteiger partial charge in [0.2, 0.25) is 0 Å². The Bertz CT molecular complexity index is 346. The Kier molecular flexibility index (Phi) is 2.18. The molecule has 0 N–H and O–H groups in total. The Morgan fingerprint density at radius 3 is 1.71 bits per heavy atom. The molecule has 1 aromatic carbocycles. The molecule has 4 heteroatoms. The van der Waals surface area contributed by atoms with Crippen molar-refractivity contribution in [3.05, 3.63) is 35.4 Å². The Balaban J connectivity index is 2.29. The van der Waals surface area contributed by atoms with Crippen molar-refractivity contribution in [3.8, 4) is 0 Å². The average molecular weight is 192 g/mol. The number of cyclic esters (lactones) is 2. The third-order valence-corrected chi connectivity index (χ3v) is 2.00. The Morgan fingerprint density at radius 2 is 1.29 bits per heavy atom. The highest BCUT2D eigenvalue weighted by atomic mass is 16.6. The summed E-state index contributed by atoms with van der Waals surface area (Å²) in [6.07, 6.45) is 0. The van der Waals surface area contributed by atoms with Crippen LogP contribution in [0.4, 0.5) is 0 Å². The van der Waals surface area contributed by atoms with Gasteiger partial charge in [0, 0.05) is 0 Å². The smallest absolute Gasteiger partial charge is 0.417 e. The molecule has 0 bridgehead atoms. The van der Waals surface area contributed by atoms with E-state index in [1.807, 2.05) is 24.3 Å². The van der Waals surface area contributed by atoms with Gasteiger partial charge in [0.25, 0.3) is 0 Å². The lowest BCUT2D eigenvalue weighted by atomic mass is 10.1. The minimum Gasteiger partial charge on any atom is -0.452 e. The fraction of sp³-hybridized carbons (Fsp3) is 0.200. The summed E-state index contributed by atoms with van der Waals surface area (Å²) in [5, 5.41) is 0. The van der Waals surface area contributed by atoms with E-state index in [4.69, 9.17) is 9.47 Å². The number of fused-ring (bicyclic) bond motifs is 1. The molecule has 14 heavy (non-hydrogen) atoms. The van der Waals surface area contributed by atoms with E-state index in [-0.39, 0.29) is 13.2 Å². The first-order valence-corrected chi connectivity index (χ1v) is 4.18. The van der Waals surface area contributed by atoms with Gasteiger partial charge in [-0.05, 0) is 11.1 Å². The molecule has 1 aromatic rings. The highest BCUT2D eigenvalue weighted by Gasteiger charge is 2.21. The molecule has 0 spiro atoms. The van der Waals surface area contributed by atoms with Crippen LogP contribution in [0.1, 0.15) is 11.1 Å². The van der Waals surface area contributed by atoms with Crippen LogP contribution in [0, 0.1) is 0 Å². The van der Waals surface area contributed by atoms with Crippen molar-refractivity contribution < 1.29 is 19.1 Å². The van der Waals surface area contributed by atoms with E-state index in [0.29, 0.717) is 0 Å². The highest BCUT2D eigenvalue weighted by molar-refractivity contribution is 6.29. The molecule has 0 saturated heterocycles. The molecule has 0 amide bonds. The van der Waals surface area contributed by atoms with E-state index in [9.17, 15) is 9.59 Å². The van der Waals surface area contributed by atoms with Crippen molar-refractivity contribution in [1.29, 1.82) is 0 Å². The van der Waals surface area contributed by atoms with E-state index >= 15 is 0 Å². The topological polar surface area (TPSA) is 52.6 Å². The zero-order valence-corrected chi connectivity index (χ0v) is 7.36. The Morgan fingerprint density at radius 1 is 0.857 bits per heavy atom. The maximum atomic E-state index is 10.9. The van der Waals surface area contributed by atoms with Gasteiger partial charge < -0.3 is 9.47 Å². The number of ether oxygens (including phenoxy) is 2. The number of carbonyl (C=O) groups is 2. The van der Waals surface area contributed by atoms with Gasteiger partial charge in [-0.3, -0.25) is 0 Å². The third-order valence-electron chi connectivity index (χ3n) is 2.00. The Labute approximate surface area is 80.4 Å². The normalized spacial score (nSPS) is 16.0. The second-order valence-corrected chi connectivity index (χ2v) is 2.92. The van der Waals surface area contributed by atoms with Crippen molar-refractivity contribution >= 4 is 11.9 Å². The second-order valence-electron chi connectivity index (χ2n) is 2.92. The minimum absolute atomic E-state index is 0.129.